The van der Waals surface area contributed by atoms with E-state index in [0.717, 1.165) is 13.0 Å². The summed E-state index contributed by atoms with van der Waals surface area (Å²) in [5.41, 5.74) is 1.29. The molecule has 1 atom stereocenters. The second-order valence-corrected chi connectivity index (χ2v) is 3.84. The zero-order chi connectivity index (χ0) is 9.80. The van der Waals surface area contributed by atoms with Gasteiger partial charge >= 0.3 is 0 Å². The third-order valence-corrected chi connectivity index (χ3v) is 2.93. The summed E-state index contributed by atoms with van der Waals surface area (Å²) in [5, 5.41) is 8.96. The molecule has 0 radical (unpaired) electrons. The number of aliphatic hydroxyl groups is 1. The molecule has 2 rings (SSSR count). The van der Waals surface area contributed by atoms with Crippen molar-refractivity contribution in [2.24, 2.45) is 0 Å². The molecule has 0 aliphatic carbocycles. The summed E-state index contributed by atoms with van der Waals surface area (Å²) in [4.78, 5) is 2.41. The second-order valence-electron chi connectivity index (χ2n) is 3.84. The molecule has 0 spiro atoms. The highest BCUT2D eigenvalue weighted by Crippen LogP contribution is 2.26. The van der Waals surface area contributed by atoms with Crippen molar-refractivity contribution in [3.8, 4) is 0 Å². The Labute approximate surface area is 85.2 Å². The molecule has 2 nitrogen and oxygen atoms in total. The topological polar surface area (TPSA) is 23.5 Å². The van der Waals surface area contributed by atoms with Crippen LogP contribution >= 0.6 is 0 Å². The first-order valence-corrected chi connectivity index (χ1v) is 5.34. The molecular weight excluding hydrogens is 174 g/mol. The molecule has 0 amide bonds. The number of hydrogen-bond acceptors (Lipinski definition) is 2. The molecule has 1 fully saturated rings. The number of nitrogens with zero attached hydrogens (tertiary/aromatic N) is 1. The number of hydrogen-bond donors (Lipinski definition) is 1. The lowest BCUT2D eigenvalue weighted by molar-refractivity contribution is 0.276. The Kier molecular flexibility index (Phi) is 3.04. The minimum Gasteiger partial charge on any atom is -0.396 e. The maximum Gasteiger partial charge on any atom is 0.0450 e. The van der Waals surface area contributed by atoms with Crippen LogP contribution in [-0.4, -0.2) is 24.3 Å². The predicted octanol–water partition coefficient (Wildman–Crippen LogP) is 2.04. The molecule has 0 aromatic heterocycles. The molecule has 1 aliphatic heterocycles. The molecule has 2 heteroatoms. The molecular formula is C12H17NO. The van der Waals surface area contributed by atoms with Gasteiger partial charge in [0.05, 0.1) is 0 Å². The maximum atomic E-state index is 8.96. The Morgan fingerprint density at radius 1 is 1.29 bits per heavy atom. The molecule has 1 saturated heterocycles. The van der Waals surface area contributed by atoms with E-state index < -0.39 is 0 Å². The van der Waals surface area contributed by atoms with Crippen molar-refractivity contribution < 1.29 is 5.11 Å². The van der Waals surface area contributed by atoms with Crippen LogP contribution in [0.2, 0.25) is 0 Å². The van der Waals surface area contributed by atoms with Gasteiger partial charge in [0.15, 0.2) is 0 Å². The number of anilines is 1. The van der Waals surface area contributed by atoms with E-state index in [-0.39, 0.29) is 0 Å². The first-order chi connectivity index (χ1) is 6.92. The van der Waals surface area contributed by atoms with Crippen molar-refractivity contribution in [1.82, 2.24) is 0 Å². The summed E-state index contributed by atoms with van der Waals surface area (Å²) in [5.74, 6) is 0. The average molecular weight is 191 g/mol. The van der Waals surface area contributed by atoms with Crippen LogP contribution in [0.5, 0.6) is 0 Å². The average Bonchev–Trinajstić information content (AvgIpc) is 2.68. The molecule has 1 N–H and O–H groups in total. The van der Waals surface area contributed by atoms with E-state index in [1.165, 1.54) is 18.5 Å². The fourth-order valence-corrected chi connectivity index (χ4v) is 2.24. The van der Waals surface area contributed by atoms with Gasteiger partial charge < -0.3 is 10.0 Å². The molecule has 1 aromatic carbocycles. The quantitative estimate of drug-likeness (QED) is 0.790. The van der Waals surface area contributed by atoms with Gasteiger partial charge in [-0.3, -0.25) is 0 Å². The largest absolute Gasteiger partial charge is 0.396 e. The van der Waals surface area contributed by atoms with Gasteiger partial charge in [-0.2, -0.15) is 0 Å². The Hall–Kier alpha value is -1.02. The van der Waals surface area contributed by atoms with Gasteiger partial charge in [-0.15, -0.1) is 0 Å². The molecule has 0 bridgehead atoms. The number of rotatable bonds is 3. The highest BCUT2D eigenvalue weighted by molar-refractivity contribution is 5.47. The lowest BCUT2D eigenvalue weighted by Gasteiger charge is -2.26. The van der Waals surface area contributed by atoms with Crippen LogP contribution in [0.3, 0.4) is 0 Å². The van der Waals surface area contributed by atoms with E-state index in [1.807, 2.05) is 6.07 Å². The minimum absolute atomic E-state index is 0.300. The van der Waals surface area contributed by atoms with Gasteiger partial charge in [-0.1, -0.05) is 18.2 Å². The van der Waals surface area contributed by atoms with Crippen molar-refractivity contribution in [1.29, 1.82) is 0 Å². The zero-order valence-electron chi connectivity index (χ0n) is 8.39. The van der Waals surface area contributed by atoms with Crippen molar-refractivity contribution in [3.05, 3.63) is 30.3 Å². The van der Waals surface area contributed by atoms with E-state index in [9.17, 15) is 0 Å². The fourth-order valence-electron chi connectivity index (χ4n) is 2.24. The number of benzene rings is 1. The second kappa shape index (κ2) is 4.47. The summed E-state index contributed by atoms with van der Waals surface area (Å²) in [6.45, 7) is 1.43. The van der Waals surface area contributed by atoms with Crippen LogP contribution < -0.4 is 4.90 Å². The summed E-state index contributed by atoms with van der Waals surface area (Å²) in [6, 6.07) is 11.0. The Balaban J connectivity index is 2.10. The first kappa shape index (κ1) is 9.53. The highest BCUT2D eigenvalue weighted by atomic mass is 16.3. The van der Waals surface area contributed by atoms with Crippen LogP contribution in [0.1, 0.15) is 19.3 Å². The van der Waals surface area contributed by atoms with Gasteiger partial charge in [-0.25, -0.2) is 0 Å². The van der Waals surface area contributed by atoms with Crippen LogP contribution in [0, 0.1) is 0 Å². The summed E-state index contributed by atoms with van der Waals surface area (Å²) >= 11 is 0. The smallest absolute Gasteiger partial charge is 0.0450 e. The molecule has 1 aromatic rings. The van der Waals surface area contributed by atoms with E-state index in [1.54, 1.807) is 0 Å². The lowest BCUT2D eigenvalue weighted by Crippen LogP contribution is -2.29. The molecule has 14 heavy (non-hydrogen) atoms. The summed E-state index contributed by atoms with van der Waals surface area (Å²) in [6.07, 6.45) is 3.36. The van der Waals surface area contributed by atoms with Gasteiger partial charge in [0.25, 0.3) is 0 Å². The molecule has 0 unspecified atom stereocenters. The SMILES string of the molecule is OCC[C@@H]1CCCN1c1ccccc1. The summed E-state index contributed by atoms with van der Waals surface area (Å²) in [7, 11) is 0. The standard InChI is InChI=1S/C12H17NO/c14-10-8-12-7-4-9-13(12)11-5-2-1-3-6-11/h1-3,5-6,12,14H,4,7-10H2/t12-/m0/s1. The normalized spacial score (nSPS) is 21.5. The minimum atomic E-state index is 0.300. The molecule has 0 saturated carbocycles. The number of para-hydroxylation sites is 1. The van der Waals surface area contributed by atoms with Crippen molar-refractivity contribution in [3.63, 3.8) is 0 Å². The van der Waals surface area contributed by atoms with Crippen LogP contribution in [-0.2, 0) is 0 Å². The highest BCUT2D eigenvalue weighted by Gasteiger charge is 2.23. The van der Waals surface area contributed by atoms with E-state index in [2.05, 4.69) is 29.2 Å². The van der Waals surface area contributed by atoms with Crippen molar-refractivity contribution in [2.45, 2.75) is 25.3 Å². The van der Waals surface area contributed by atoms with Crippen LogP contribution in [0.25, 0.3) is 0 Å². The Morgan fingerprint density at radius 2 is 2.07 bits per heavy atom. The van der Waals surface area contributed by atoms with Crippen molar-refractivity contribution in [2.75, 3.05) is 18.1 Å². The van der Waals surface area contributed by atoms with Crippen LogP contribution in [0.4, 0.5) is 5.69 Å². The third kappa shape index (κ3) is 1.90. The maximum absolute atomic E-state index is 8.96. The fraction of sp³-hybridized carbons (Fsp3) is 0.500. The molecule has 76 valence electrons. The van der Waals surface area contributed by atoms with Gasteiger partial charge in [0, 0.05) is 24.9 Å². The molecule has 1 heterocycles. The third-order valence-electron chi connectivity index (χ3n) is 2.93. The first-order valence-electron chi connectivity index (χ1n) is 5.34. The monoisotopic (exact) mass is 191 g/mol. The Morgan fingerprint density at radius 3 is 2.79 bits per heavy atom. The van der Waals surface area contributed by atoms with Gasteiger partial charge in [0.1, 0.15) is 0 Å². The van der Waals surface area contributed by atoms with Crippen molar-refractivity contribution >= 4 is 5.69 Å². The Bertz CT molecular complexity index is 273. The summed E-state index contributed by atoms with van der Waals surface area (Å²) < 4.78 is 0. The van der Waals surface area contributed by atoms with E-state index >= 15 is 0 Å². The van der Waals surface area contributed by atoms with E-state index in [4.69, 9.17) is 5.11 Å². The lowest BCUT2D eigenvalue weighted by atomic mass is 10.1. The zero-order valence-corrected chi connectivity index (χ0v) is 8.39. The van der Waals surface area contributed by atoms with Gasteiger partial charge in [0.2, 0.25) is 0 Å². The van der Waals surface area contributed by atoms with E-state index in [0.29, 0.717) is 12.6 Å². The van der Waals surface area contributed by atoms with Gasteiger partial charge in [-0.05, 0) is 31.4 Å². The predicted molar refractivity (Wildman–Crippen MR) is 58.5 cm³/mol. The number of aliphatic hydroxyl groups excluding tert-OH is 1. The molecule has 1 aliphatic rings. The van der Waals surface area contributed by atoms with Crippen LogP contribution in [0.15, 0.2) is 30.3 Å².